The minimum Gasteiger partial charge on any atom is -0.389 e. The summed E-state index contributed by atoms with van der Waals surface area (Å²) in [6, 6.07) is 9.67. The fraction of sp³-hybridized carbons (Fsp3) is 0.562. The van der Waals surface area contributed by atoms with E-state index in [1.54, 1.807) is 18.7 Å². The Balaban J connectivity index is 2.49. The molecular weight excluding hydrogens is 252 g/mol. The molecule has 0 saturated carbocycles. The van der Waals surface area contributed by atoms with Crippen LogP contribution in [0.4, 0.5) is 0 Å². The van der Waals surface area contributed by atoms with Crippen LogP contribution in [-0.4, -0.2) is 34.6 Å². The minimum atomic E-state index is -0.868. The Kier molecular flexibility index (Phi) is 6.17. The van der Waals surface area contributed by atoms with Crippen molar-refractivity contribution in [2.75, 3.05) is 13.1 Å². The van der Waals surface area contributed by atoms with E-state index in [-0.39, 0.29) is 11.9 Å². The molecule has 0 aromatic heterocycles. The van der Waals surface area contributed by atoms with Crippen LogP contribution in [0.3, 0.4) is 0 Å². The van der Waals surface area contributed by atoms with Gasteiger partial charge in [-0.1, -0.05) is 30.3 Å². The zero-order valence-electron chi connectivity index (χ0n) is 12.7. The van der Waals surface area contributed by atoms with Gasteiger partial charge in [-0.2, -0.15) is 0 Å². The van der Waals surface area contributed by atoms with Crippen molar-refractivity contribution in [1.82, 2.24) is 4.90 Å². The molecule has 0 heterocycles. The third-order valence-corrected chi connectivity index (χ3v) is 3.21. The first-order valence-corrected chi connectivity index (χ1v) is 7.14. The van der Waals surface area contributed by atoms with Gasteiger partial charge in [0.05, 0.1) is 5.60 Å². The Bertz CT molecular complexity index is 412. The second kappa shape index (κ2) is 7.41. The Morgan fingerprint density at radius 3 is 2.45 bits per heavy atom. The topological polar surface area (TPSA) is 66.6 Å². The van der Waals surface area contributed by atoms with Gasteiger partial charge in [0.25, 0.3) is 0 Å². The lowest BCUT2D eigenvalue weighted by Gasteiger charge is -2.28. The molecule has 1 aromatic rings. The molecule has 0 radical (unpaired) electrons. The molecule has 0 aliphatic heterocycles. The maximum Gasteiger partial charge on any atom is 0.222 e. The van der Waals surface area contributed by atoms with Crippen LogP contribution in [0.25, 0.3) is 0 Å². The summed E-state index contributed by atoms with van der Waals surface area (Å²) in [7, 11) is 0. The van der Waals surface area contributed by atoms with Gasteiger partial charge in [0.15, 0.2) is 0 Å². The average molecular weight is 278 g/mol. The number of hydrogen-bond donors (Lipinski definition) is 2. The lowest BCUT2D eigenvalue weighted by atomic mass is 10.0. The van der Waals surface area contributed by atoms with Crippen LogP contribution in [0.2, 0.25) is 0 Å². The fourth-order valence-corrected chi connectivity index (χ4v) is 2.15. The number of aliphatic hydroxyl groups is 1. The number of nitrogens with two attached hydrogens (primary N) is 1. The van der Waals surface area contributed by atoms with E-state index in [9.17, 15) is 9.90 Å². The van der Waals surface area contributed by atoms with Gasteiger partial charge in [-0.05, 0) is 32.8 Å². The summed E-state index contributed by atoms with van der Waals surface area (Å²) in [6.07, 6.45) is 1.02. The van der Waals surface area contributed by atoms with Crippen molar-refractivity contribution >= 4 is 5.91 Å². The number of nitrogens with zero attached hydrogens (tertiary/aromatic N) is 1. The highest BCUT2D eigenvalue weighted by Crippen LogP contribution is 2.16. The number of carbonyl (C=O) groups excluding carboxylic acids is 1. The molecule has 1 aromatic carbocycles. The molecule has 0 fully saturated rings. The van der Waals surface area contributed by atoms with Gasteiger partial charge in [-0.25, -0.2) is 0 Å². The van der Waals surface area contributed by atoms with Crippen molar-refractivity contribution in [2.24, 2.45) is 5.73 Å². The van der Waals surface area contributed by atoms with E-state index in [0.29, 0.717) is 25.9 Å². The lowest BCUT2D eigenvalue weighted by molar-refractivity contribution is -0.134. The van der Waals surface area contributed by atoms with Crippen molar-refractivity contribution in [3.8, 4) is 0 Å². The molecule has 0 aliphatic carbocycles. The predicted octanol–water partition coefficient (Wildman–Crippen LogP) is 2.09. The summed E-state index contributed by atoms with van der Waals surface area (Å²) in [5.41, 5.74) is 6.27. The van der Waals surface area contributed by atoms with Crippen molar-refractivity contribution in [3.63, 3.8) is 0 Å². The van der Waals surface area contributed by atoms with Crippen molar-refractivity contribution < 1.29 is 9.90 Å². The standard InChI is InChI=1S/C16H26N2O2/c1-4-18(12-16(2,3)20)15(19)11-10-14(17)13-8-6-5-7-9-13/h5-9,14,20H,4,10-12,17H2,1-3H3. The Morgan fingerprint density at radius 1 is 1.35 bits per heavy atom. The van der Waals surface area contributed by atoms with Crippen molar-refractivity contribution in [2.45, 2.75) is 45.3 Å². The first-order chi connectivity index (χ1) is 9.33. The molecule has 4 heteroatoms. The van der Waals surface area contributed by atoms with Crippen LogP contribution >= 0.6 is 0 Å². The first kappa shape index (κ1) is 16.7. The Morgan fingerprint density at radius 2 is 1.95 bits per heavy atom. The fourth-order valence-electron chi connectivity index (χ4n) is 2.15. The molecule has 3 N–H and O–H groups in total. The molecule has 4 nitrogen and oxygen atoms in total. The molecule has 20 heavy (non-hydrogen) atoms. The van der Waals surface area contributed by atoms with Crippen LogP contribution in [-0.2, 0) is 4.79 Å². The van der Waals surface area contributed by atoms with E-state index in [1.807, 2.05) is 37.3 Å². The molecular formula is C16H26N2O2. The zero-order chi connectivity index (χ0) is 15.2. The van der Waals surface area contributed by atoms with Gasteiger partial charge in [-0.3, -0.25) is 4.79 Å². The van der Waals surface area contributed by atoms with Crippen molar-refractivity contribution in [3.05, 3.63) is 35.9 Å². The van der Waals surface area contributed by atoms with E-state index in [4.69, 9.17) is 5.73 Å². The lowest BCUT2D eigenvalue weighted by Crippen LogP contribution is -2.42. The summed E-state index contributed by atoms with van der Waals surface area (Å²) >= 11 is 0. The molecule has 1 rings (SSSR count). The Hall–Kier alpha value is -1.39. The highest BCUT2D eigenvalue weighted by molar-refractivity contribution is 5.76. The van der Waals surface area contributed by atoms with Crippen LogP contribution in [0.5, 0.6) is 0 Å². The van der Waals surface area contributed by atoms with Gasteiger partial charge in [0.2, 0.25) is 5.91 Å². The van der Waals surface area contributed by atoms with Crippen LogP contribution in [0, 0.1) is 0 Å². The first-order valence-electron chi connectivity index (χ1n) is 7.14. The number of hydrogen-bond acceptors (Lipinski definition) is 3. The van der Waals surface area contributed by atoms with Gasteiger partial charge in [0.1, 0.15) is 0 Å². The van der Waals surface area contributed by atoms with Crippen LogP contribution in [0.15, 0.2) is 30.3 Å². The Labute approximate surface area is 121 Å². The number of rotatable bonds is 7. The zero-order valence-corrected chi connectivity index (χ0v) is 12.7. The van der Waals surface area contributed by atoms with E-state index in [2.05, 4.69) is 0 Å². The molecule has 112 valence electrons. The maximum atomic E-state index is 12.1. The molecule has 0 bridgehead atoms. The summed E-state index contributed by atoms with van der Waals surface area (Å²) in [6.45, 7) is 6.28. The van der Waals surface area contributed by atoms with Crippen molar-refractivity contribution in [1.29, 1.82) is 0 Å². The van der Waals surface area contributed by atoms with Gasteiger partial charge < -0.3 is 15.7 Å². The predicted molar refractivity (Wildman–Crippen MR) is 81.2 cm³/mol. The van der Waals surface area contributed by atoms with Gasteiger partial charge >= 0.3 is 0 Å². The molecule has 1 atom stereocenters. The SMILES string of the molecule is CCN(CC(C)(C)O)C(=O)CCC(N)c1ccccc1. The summed E-state index contributed by atoms with van der Waals surface area (Å²) < 4.78 is 0. The molecule has 0 aliphatic rings. The molecule has 0 saturated heterocycles. The number of amides is 1. The minimum absolute atomic E-state index is 0.0426. The second-order valence-electron chi connectivity index (χ2n) is 5.78. The summed E-state index contributed by atoms with van der Waals surface area (Å²) in [4.78, 5) is 13.8. The second-order valence-corrected chi connectivity index (χ2v) is 5.78. The highest BCUT2D eigenvalue weighted by atomic mass is 16.3. The summed E-state index contributed by atoms with van der Waals surface area (Å²) in [5.74, 6) is 0.0426. The number of likely N-dealkylation sites (N-methyl/N-ethyl adjacent to an activating group) is 1. The summed E-state index contributed by atoms with van der Waals surface area (Å²) in [5, 5.41) is 9.80. The molecule has 1 amide bonds. The quantitative estimate of drug-likeness (QED) is 0.802. The van der Waals surface area contributed by atoms with E-state index in [1.165, 1.54) is 0 Å². The normalized spacial score (nSPS) is 13.1. The number of carbonyl (C=O) groups is 1. The maximum absolute atomic E-state index is 12.1. The average Bonchev–Trinajstić information content (AvgIpc) is 2.41. The highest BCUT2D eigenvalue weighted by Gasteiger charge is 2.21. The molecule has 0 spiro atoms. The third-order valence-electron chi connectivity index (χ3n) is 3.21. The third kappa shape index (κ3) is 5.72. The number of benzene rings is 1. The van der Waals surface area contributed by atoms with E-state index < -0.39 is 5.60 Å². The molecule has 1 unspecified atom stereocenters. The van der Waals surface area contributed by atoms with E-state index >= 15 is 0 Å². The monoisotopic (exact) mass is 278 g/mol. The van der Waals surface area contributed by atoms with Gasteiger partial charge in [-0.15, -0.1) is 0 Å². The van der Waals surface area contributed by atoms with E-state index in [0.717, 1.165) is 5.56 Å². The van der Waals surface area contributed by atoms with Crippen LogP contribution < -0.4 is 5.73 Å². The van der Waals surface area contributed by atoms with Crippen LogP contribution in [0.1, 0.15) is 45.2 Å². The smallest absolute Gasteiger partial charge is 0.222 e. The van der Waals surface area contributed by atoms with Gasteiger partial charge in [0, 0.05) is 25.6 Å². The largest absolute Gasteiger partial charge is 0.389 e.